The second kappa shape index (κ2) is 6.74. The quantitative estimate of drug-likeness (QED) is 0.830. The van der Waals surface area contributed by atoms with Gasteiger partial charge in [0, 0.05) is 16.9 Å². The van der Waals surface area contributed by atoms with Crippen molar-refractivity contribution >= 4 is 21.8 Å². The summed E-state index contributed by atoms with van der Waals surface area (Å²) in [6.07, 6.45) is 1.91. The van der Waals surface area contributed by atoms with Crippen molar-refractivity contribution in [3.05, 3.63) is 35.1 Å². The molecular weight excluding hydrogens is 285 g/mol. The van der Waals surface area contributed by atoms with Crippen molar-refractivity contribution in [2.24, 2.45) is 0 Å². The molecule has 2 nitrogen and oxygen atoms in total. The average Bonchev–Trinajstić information content (AvgIpc) is 2.30. The maximum atomic E-state index is 13.3. The summed E-state index contributed by atoms with van der Waals surface area (Å²) in [7, 11) is 0. The first-order valence-electron chi connectivity index (χ1n) is 5.67. The van der Waals surface area contributed by atoms with Crippen LogP contribution in [0.3, 0.4) is 0 Å². The molecule has 0 aliphatic heterocycles. The van der Waals surface area contributed by atoms with Crippen LogP contribution in [0.15, 0.2) is 18.2 Å². The number of benzene rings is 1. The normalized spacial score (nSPS) is 12.2. The van der Waals surface area contributed by atoms with E-state index in [9.17, 15) is 9.18 Å². The van der Waals surface area contributed by atoms with Crippen LogP contribution in [0.1, 0.15) is 35.7 Å². The van der Waals surface area contributed by atoms with Crippen LogP contribution in [-0.2, 0) is 0 Å². The molecule has 0 saturated carbocycles. The molecule has 0 fully saturated rings. The van der Waals surface area contributed by atoms with Crippen molar-refractivity contribution in [2.75, 3.05) is 5.33 Å². The minimum atomic E-state index is -0.342. The molecule has 0 aromatic heterocycles. The standard InChI is InChI=1S/C13H17BrFNO/c1-9-5-6-11(8-12(9)15)13(17)16-10(2)4-3-7-14/h5-6,8,10H,3-4,7H2,1-2H3,(H,16,17). The van der Waals surface area contributed by atoms with Gasteiger partial charge < -0.3 is 5.32 Å². The van der Waals surface area contributed by atoms with Crippen LogP contribution >= 0.6 is 15.9 Å². The Kier molecular flexibility index (Phi) is 5.62. The molecule has 1 amide bonds. The minimum Gasteiger partial charge on any atom is -0.350 e. The molecule has 0 saturated heterocycles. The predicted octanol–water partition coefficient (Wildman–Crippen LogP) is 3.43. The first-order chi connectivity index (χ1) is 8.04. The van der Waals surface area contributed by atoms with Crippen molar-refractivity contribution in [3.63, 3.8) is 0 Å². The zero-order valence-electron chi connectivity index (χ0n) is 10.1. The lowest BCUT2D eigenvalue weighted by molar-refractivity contribution is 0.0938. The molecule has 1 N–H and O–H groups in total. The highest BCUT2D eigenvalue weighted by molar-refractivity contribution is 9.09. The van der Waals surface area contributed by atoms with Gasteiger partial charge in [0.05, 0.1) is 0 Å². The maximum absolute atomic E-state index is 13.3. The lowest BCUT2D eigenvalue weighted by atomic mass is 10.1. The number of hydrogen-bond acceptors (Lipinski definition) is 1. The van der Waals surface area contributed by atoms with Gasteiger partial charge in [0.1, 0.15) is 5.82 Å². The maximum Gasteiger partial charge on any atom is 0.251 e. The highest BCUT2D eigenvalue weighted by atomic mass is 79.9. The van der Waals surface area contributed by atoms with Gasteiger partial charge in [-0.3, -0.25) is 4.79 Å². The summed E-state index contributed by atoms with van der Waals surface area (Å²) in [5.41, 5.74) is 0.924. The van der Waals surface area contributed by atoms with E-state index in [4.69, 9.17) is 0 Å². The summed E-state index contributed by atoms with van der Waals surface area (Å²) in [6.45, 7) is 3.63. The summed E-state index contributed by atoms with van der Waals surface area (Å²) in [5, 5.41) is 3.77. The molecule has 1 aromatic rings. The van der Waals surface area contributed by atoms with Crippen molar-refractivity contribution in [3.8, 4) is 0 Å². The zero-order chi connectivity index (χ0) is 12.8. The topological polar surface area (TPSA) is 29.1 Å². The van der Waals surface area contributed by atoms with Crippen LogP contribution in [-0.4, -0.2) is 17.3 Å². The van der Waals surface area contributed by atoms with E-state index >= 15 is 0 Å². The molecule has 94 valence electrons. The number of rotatable bonds is 5. The van der Waals surface area contributed by atoms with E-state index in [0.29, 0.717) is 11.1 Å². The summed E-state index contributed by atoms with van der Waals surface area (Å²) >= 11 is 3.34. The molecule has 1 aromatic carbocycles. The van der Waals surface area contributed by atoms with Gasteiger partial charge in [-0.15, -0.1) is 0 Å². The number of aryl methyl sites for hydroxylation is 1. The van der Waals surface area contributed by atoms with Crippen molar-refractivity contribution in [1.29, 1.82) is 0 Å². The Morgan fingerprint density at radius 1 is 1.53 bits per heavy atom. The van der Waals surface area contributed by atoms with Crippen LogP contribution in [0.4, 0.5) is 4.39 Å². The molecule has 0 aliphatic carbocycles. The monoisotopic (exact) mass is 301 g/mol. The zero-order valence-corrected chi connectivity index (χ0v) is 11.7. The van der Waals surface area contributed by atoms with E-state index in [2.05, 4.69) is 21.2 Å². The number of hydrogen-bond donors (Lipinski definition) is 1. The molecular formula is C13H17BrFNO. The molecule has 4 heteroatoms. The van der Waals surface area contributed by atoms with Gasteiger partial charge in [0.25, 0.3) is 5.91 Å². The van der Waals surface area contributed by atoms with Gasteiger partial charge >= 0.3 is 0 Å². The second-order valence-electron chi connectivity index (χ2n) is 4.17. The number of amides is 1. The van der Waals surface area contributed by atoms with Crippen molar-refractivity contribution in [2.45, 2.75) is 32.7 Å². The molecule has 17 heavy (non-hydrogen) atoms. The highest BCUT2D eigenvalue weighted by Gasteiger charge is 2.10. The van der Waals surface area contributed by atoms with Gasteiger partial charge in [0.15, 0.2) is 0 Å². The van der Waals surface area contributed by atoms with E-state index in [1.807, 2.05) is 6.92 Å². The van der Waals surface area contributed by atoms with Crippen LogP contribution in [0.25, 0.3) is 0 Å². The second-order valence-corrected chi connectivity index (χ2v) is 4.96. The van der Waals surface area contributed by atoms with E-state index in [0.717, 1.165) is 18.2 Å². The van der Waals surface area contributed by atoms with E-state index in [-0.39, 0.29) is 17.8 Å². The van der Waals surface area contributed by atoms with Gasteiger partial charge in [-0.2, -0.15) is 0 Å². The van der Waals surface area contributed by atoms with Crippen molar-refractivity contribution in [1.82, 2.24) is 5.32 Å². The highest BCUT2D eigenvalue weighted by Crippen LogP contribution is 2.09. The number of carbonyl (C=O) groups is 1. The molecule has 0 bridgehead atoms. The molecule has 0 aliphatic rings. The van der Waals surface area contributed by atoms with Gasteiger partial charge in [-0.1, -0.05) is 22.0 Å². The van der Waals surface area contributed by atoms with Crippen LogP contribution in [0, 0.1) is 12.7 Å². The number of carbonyl (C=O) groups excluding carboxylic acids is 1. The fourth-order valence-electron chi connectivity index (χ4n) is 1.50. The Hall–Kier alpha value is -0.900. The minimum absolute atomic E-state index is 0.101. The van der Waals surface area contributed by atoms with Gasteiger partial charge in [-0.05, 0) is 44.4 Å². The average molecular weight is 302 g/mol. The van der Waals surface area contributed by atoms with Crippen LogP contribution in [0.2, 0.25) is 0 Å². The Morgan fingerprint density at radius 3 is 2.82 bits per heavy atom. The van der Waals surface area contributed by atoms with Gasteiger partial charge in [-0.25, -0.2) is 4.39 Å². The fraction of sp³-hybridized carbons (Fsp3) is 0.462. The summed E-state index contributed by atoms with van der Waals surface area (Å²) < 4.78 is 13.3. The lowest BCUT2D eigenvalue weighted by Gasteiger charge is -2.13. The molecule has 1 atom stereocenters. The number of alkyl halides is 1. The number of halogens is 2. The molecule has 0 spiro atoms. The third-order valence-corrected chi connectivity index (χ3v) is 3.14. The first-order valence-corrected chi connectivity index (χ1v) is 6.79. The van der Waals surface area contributed by atoms with E-state index in [1.165, 1.54) is 6.07 Å². The SMILES string of the molecule is Cc1ccc(C(=O)NC(C)CCCBr)cc1F. The molecule has 1 unspecified atom stereocenters. The molecule has 0 radical (unpaired) electrons. The van der Waals surface area contributed by atoms with Crippen molar-refractivity contribution < 1.29 is 9.18 Å². The Bertz CT molecular complexity index is 395. The Balaban J connectivity index is 2.60. The van der Waals surface area contributed by atoms with Crippen LogP contribution < -0.4 is 5.32 Å². The van der Waals surface area contributed by atoms with E-state index < -0.39 is 0 Å². The molecule has 0 heterocycles. The Morgan fingerprint density at radius 2 is 2.24 bits per heavy atom. The first kappa shape index (κ1) is 14.2. The third-order valence-electron chi connectivity index (χ3n) is 2.58. The summed E-state index contributed by atoms with van der Waals surface area (Å²) in [6, 6.07) is 4.64. The predicted molar refractivity (Wildman–Crippen MR) is 71.1 cm³/mol. The fourth-order valence-corrected chi connectivity index (χ4v) is 1.82. The lowest BCUT2D eigenvalue weighted by Crippen LogP contribution is -2.32. The van der Waals surface area contributed by atoms with Gasteiger partial charge in [0.2, 0.25) is 0 Å². The van der Waals surface area contributed by atoms with E-state index in [1.54, 1.807) is 19.1 Å². The summed E-state index contributed by atoms with van der Waals surface area (Å²) in [4.78, 5) is 11.8. The largest absolute Gasteiger partial charge is 0.350 e. The number of nitrogens with one attached hydrogen (secondary N) is 1. The Labute approximate surface area is 110 Å². The molecule has 1 rings (SSSR count). The third kappa shape index (κ3) is 4.46. The smallest absolute Gasteiger partial charge is 0.251 e. The summed E-state index contributed by atoms with van der Waals surface area (Å²) in [5.74, 6) is -0.559. The van der Waals surface area contributed by atoms with Crippen LogP contribution in [0.5, 0.6) is 0 Å².